The molecule has 86 valence electrons. The van der Waals surface area contributed by atoms with Gasteiger partial charge in [-0.15, -0.1) is 11.8 Å². The minimum absolute atomic E-state index is 0.336. The van der Waals surface area contributed by atoms with E-state index < -0.39 is 5.79 Å². The van der Waals surface area contributed by atoms with Crippen LogP contribution in [0.3, 0.4) is 0 Å². The van der Waals surface area contributed by atoms with Crippen molar-refractivity contribution < 1.29 is 14.3 Å². The zero-order chi connectivity index (χ0) is 11.9. The Morgan fingerprint density at radius 2 is 2.00 bits per heavy atom. The van der Waals surface area contributed by atoms with Gasteiger partial charge in [0, 0.05) is 18.7 Å². The van der Waals surface area contributed by atoms with Gasteiger partial charge >= 0.3 is 5.97 Å². The van der Waals surface area contributed by atoms with E-state index in [9.17, 15) is 4.79 Å². The topological polar surface area (TPSA) is 35.5 Å². The highest BCUT2D eigenvalue weighted by Gasteiger charge is 2.36. The molecule has 16 heavy (non-hydrogen) atoms. The summed E-state index contributed by atoms with van der Waals surface area (Å²) >= 11 is 4.88. The van der Waals surface area contributed by atoms with Crippen LogP contribution in [0.5, 0.6) is 5.75 Å². The number of rotatable bonds is 1. The number of esters is 1. The molecular formula is C11H11BrO3S. The van der Waals surface area contributed by atoms with Gasteiger partial charge in [0.25, 0.3) is 0 Å². The van der Waals surface area contributed by atoms with E-state index in [0.29, 0.717) is 11.3 Å². The zero-order valence-electron chi connectivity index (χ0n) is 9.17. The molecule has 0 bridgehead atoms. The van der Waals surface area contributed by atoms with Gasteiger partial charge in [0.05, 0.1) is 4.47 Å². The highest BCUT2D eigenvalue weighted by Crippen LogP contribution is 2.41. The van der Waals surface area contributed by atoms with Crippen molar-refractivity contribution in [2.24, 2.45) is 0 Å². The van der Waals surface area contributed by atoms with Crippen molar-refractivity contribution in [1.29, 1.82) is 0 Å². The van der Waals surface area contributed by atoms with Crippen LogP contribution in [0.2, 0.25) is 0 Å². The smallest absolute Gasteiger partial charge is 0.346 e. The maximum absolute atomic E-state index is 11.9. The molecule has 0 saturated carbocycles. The van der Waals surface area contributed by atoms with Crippen LogP contribution in [-0.4, -0.2) is 18.0 Å². The van der Waals surface area contributed by atoms with Gasteiger partial charge in [0.1, 0.15) is 5.56 Å². The summed E-state index contributed by atoms with van der Waals surface area (Å²) in [6.45, 7) is 3.43. The van der Waals surface area contributed by atoms with E-state index >= 15 is 0 Å². The highest BCUT2D eigenvalue weighted by molar-refractivity contribution is 9.10. The molecule has 1 aromatic rings. The molecule has 1 aromatic carbocycles. The fourth-order valence-corrected chi connectivity index (χ4v) is 2.54. The molecule has 3 nitrogen and oxygen atoms in total. The summed E-state index contributed by atoms with van der Waals surface area (Å²) in [5, 5.41) is 0. The average Bonchev–Trinajstić information content (AvgIpc) is 2.18. The molecule has 1 aliphatic heterocycles. The van der Waals surface area contributed by atoms with Gasteiger partial charge in [-0.1, -0.05) is 0 Å². The molecule has 0 unspecified atom stereocenters. The summed E-state index contributed by atoms with van der Waals surface area (Å²) < 4.78 is 11.6. The van der Waals surface area contributed by atoms with Crippen LogP contribution in [0, 0.1) is 0 Å². The van der Waals surface area contributed by atoms with Gasteiger partial charge in [-0.3, -0.25) is 0 Å². The van der Waals surface area contributed by atoms with Gasteiger partial charge in [-0.2, -0.15) is 0 Å². The summed E-state index contributed by atoms with van der Waals surface area (Å²) in [6.07, 6.45) is 1.91. The Balaban J connectivity index is 2.63. The van der Waals surface area contributed by atoms with Crippen LogP contribution in [0.1, 0.15) is 24.2 Å². The van der Waals surface area contributed by atoms with Crippen LogP contribution in [0.15, 0.2) is 21.5 Å². The Morgan fingerprint density at radius 3 is 2.62 bits per heavy atom. The Kier molecular flexibility index (Phi) is 2.92. The van der Waals surface area contributed by atoms with Gasteiger partial charge in [-0.25, -0.2) is 4.79 Å². The minimum Gasteiger partial charge on any atom is -0.451 e. The van der Waals surface area contributed by atoms with Crippen LogP contribution in [-0.2, 0) is 4.74 Å². The van der Waals surface area contributed by atoms with Crippen molar-refractivity contribution in [2.45, 2.75) is 24.5 Å². The van der Waals surface area contributed by atoms with Crippen molar-refractivity contribution in [3.63, 3.8) is 0 Å². The third kappa shape index (κ3) is 1.94. The Labute approximate surface area is 107 Å². The van der Waals surface area contributed by atoms with Crippen molar-refractivity contribution in [1.82, 2.24) is 0 Å². The van der Waals surface area contributed by atoms with Crippen molar-refractivity contribution in [2.75, 3.05) is 6.26 Å². The van der Waals surface area contributed by atoms with Gasteiger partial charge in [0.15, 0.2) is 5.75 Å². The van der Waals surface area contributed by atoms with Crippen LogP contribution >= 0.6 is 27.7 Å². The number of fused-ring (bicyclic) bond motifs is 1. The lowest BCUT2D eigenvalue weighted by molar-refractivity contribution is -0.128. The number of hydrogen-bond acceptors (Lipinski definition) is 4. The lowest BCUT2D eigenvalue weighted by atomic mass is 10.1. The van der Waals surface area contributed by atoms with Crippen LogP contribution < -0.4 is 4.74 Å². The number of cyclic esters (lactones) is 1. The van der Waals surface area contributed by atoms with Gasteiger partial charge in [-0.05, 0) is 34.3 Å². The SMILES string of the molecule is CSc1ccc(Br)c2c1C(=O)OC(C)(C)O2. The van der Waals surface area contributed by atoms with E-state index in [-0.39, 0.29) is 5.97 Å². The fraction of sp³-hybridized carbons (Fsp3) is 0.364. The van der Waals surface area contributed by atoms with E-state index in [1.807, 2.05) is 18.4 Å². The first kappa shape index (κ1) is 11.8. The highest BCUT2D eigenvalue weighted by atomic mass is 79.9. The average molecular weight is 303 g/mol. The number of carbonyl (C=O) groups is 1. The number of hydrogen-bond donors (Lipinski definition) is 0. The Hall–Kier alpha value is -0.680. The first-order valence-electron chi connectivity index (χ1n) is 4.73. The molecule has 0 fully saturated rings. The fourth-order valence-electron chi connectivity index (χ4n) is 1.54. The predicted octanol–water partition coefficient (Wildman–Crippen LogP) is 3.46. The number of halogens is 1. The molecule has 0 amide bonds. The van der Waals surface area contributed by atoms with Crippen molar-refractivity contribution in [3.8, 4) is 5.75 Å². The minimum atomic E-state index is -0.913. The molecule has 1 heterocycles. The lowest BCUT2D eigenvalue weighted by Crippen LogP contribution is -2.39. The molecular weight excluding hydrogens is 292 g/mol. The quantitative estimate of drug-likeness (QED) is 0.588. The van der Waals surface area contributed by atoms with Crippen molar-refractivity contribution in [3.05, 3.63) is 22.2 Å². The third-order valence-electron chi connectivity index (χ3n) is 2.18. The molecule has 1 aliphatic rings. The summed E-state index contributed by atoms with van der Waals surface area (Å²) in [5.41, 5.74) is 0.501. The number of ether oxygens (including phenoxy) is 2. The van der Waals surface area contributed by atoms with Crippen LogP contribution in [0.25, 0.3) is 0 Å². The molecule has 0 spiro atoms. The normalized spacial score (nSPS) is 17.4. The van der Waals surface area contributed by atoms with Gasteiger partial charge in [0.2, 0.25) is 5.79 Å². The summed E-state index contributed by atoms with van der Waals surface area (Å²) in [5.74, 6) is -0.686. The molecule has 5 heteroatoms. The molecule has 0 N–H and O–H groups in total. The number of benzene rings is 1. The third-order valence-corrected chi connectivity index (χ3v) is 3.59. The second-order valence-electron chi connectivity index (χ2n) is 3.85. The standard InChI is InChI=1S/C11H11BrO3S/c1-11(2)14-9-6(12)4-5-7(16-3)8(9)10(13)15-11/h4-5H,1-3H3. The Bertz CT molecular complexity index is 457. The summed E-state index contributed by atoms with van der Waals surface area (Å²) in [4.78, 5) is 12.8. The number of carbonyl (C=O) groups excluding carboxylic acids is 1. The molecule has 0 aromatic heterocycles. The molecule has 0 atom stereocenters. The van der Waals surface area contributed by atoms with E-state index in [0.717, 1.165) is 9.37 Å². The van der Waals surface area contributed by atoms with E-state index in [1.165, 1.54) is 11.8 Å². The second-order valence-corrected chi connectivity index (χ2v) is 5.55. The first-order valence-corrected chi connectivity index (χ1v) is 6.75. The Morgan fingerprint density at radius 1 is 1.31 bits per heavy atom. The van der Waals surface area contributed by atoms with E-state index in [4.69, 9.17) is 9.47 Å². The van der Waals surface area contributed by atoms with Gasteiger partial charge < -0.3 is 9.47 Å². The lowest BCUT2D eigenvalue weighted by Gasteiger charge is -2.32. The van der Waals surface area contributed by atoms with Crippen LogP contribution in [0.4, 0.5) is 0 Å². The molecule has 2 rings (SSSR count). The monoisotopic (exact) mass is 302 g/mol. The maximum Gasteiger partial charge on any atom is 0.346 e. The number of thioether (sulfide) groups is 1. The van der Waals surface area contributed by atoms with E-state index in [1.54, 1.807) is 13.8 Å². The predicted molar refractivity (Wildman–Crippen MR) is 66.0 cm³/mol. The summed E-state index contributed by atoms with van der Waals surface area (Å²) in [6, 6.07) is 3.75. The molecule has 0 radical (unpaired) electrons. The van der Waals surface area contributed by atoms with E-state index in [2.05, 4.69) is 15.9 Å². The van der Waals surface area contributed by atoms with Crippen molar-refractivity contribution >= 4 is 33.7 Å². The largest absolute Gasteiger partial charge is 0.451 e. The second kappa shape index (κ2) is 3.96. The first-order chi connectivity index (χ1) is 7.44. The molecule has 0 aliphatic carbocycles. The maximum atomic E-state index is 11.9. The molecule has 0 saturated heterocycles. The zero-order valence-corrected chi connectivity index (χ0v) is 11.6. The summed E-state index contributed by atoms with van der Waals surface area (Å²) in [7, 11) is 0.